The topological polar surface area (TPSA) is 84.0 Å². The molecule has 0 radical (unpaired) electrons. The van der Waals surface area contributed by atoms with E-state index in [-0.39, 0.29) is 6.04 Å². The van der Waals surface area contributed by atoms with Gasteiger partial charge in [-0.25, -0.2) is 4.79 Å². The van der Waals surface area contributed by atoms with Crippen molar-refractivity contribution in [3.8, 4) is 0 Å². The van der Waals surface area contributed by atoms with Crippen molar-refractivity contribution in [1.82, 2.24) is 16.0 Å². The number of methoxy groups -OCH3 is 1. The van der Waals surface area contributed by atoms with Crippen molar-refractivity contribution in [2.75, 3.05) is 33.9 Å². The molecule has 0 bridgehead atoms. The molecule has 1 amide bonds. The van der Waals surface area contributed by atoms with Gasteiger partial charge >= 0.3 is 6.09 Å². The van der Waals surface area contributed by atoms with Crippen molar-refractivity contribution in [1.29, 1.82) is 0 Å². The average Bonchev–Trinajstić information content (AvgIpc) is 2.31. The quantitative estimate of drug-likeness (QED) is 0.381. The van der Waals surface area contributed by atoms with Crippen molar-refractivity contribution >= 4 is 12.1 Å². The van der Waals surface area contributed by atoms with Gasteiger partial charge in [-0.15, -0.1) is 0 Å². The van der Waals surface area contributed by atoms with Crippen LogP contribution in [0.3, 0.4) is 0 Å². The Labute approximate surface area is 121 Å². The van der Waals surface area contributed by atoms with E-state index in [4.69, 9.17) is 9.47 Å². The maximum atomic E-state index is 11.4. The van der Waals surface area contributed by atoms with E-state index in [0.29, 0.717) is 25.7 Å². The number of hydrogen-bond acceptors (Lipinski definition) is 4. The molecule has 7 nitrogen and oxygen atoms in total. The van der Waals surface area contributed by atoms with Crippen LogP contribution in [-0.2, 0) is 9.47 Å². The SMILES string of the molecule is CN=C(NCCNC(=O)OC(C)(C)C)NC(C)COC. The summed E-state index contributed by atoms with van der Waals surface area (Å²) in [7, 11) is 3.34. The van der Waals surface area contributed by atoms with E-state index in [1.807, 2.05) is 27.7 Å². The first-order valence-electron chi connectivity index (χ1n) is 6.71. The van der Waals surface area contributed by atoms with Crippen molar-refractivity contribution in [3.05, 3.63) is 0 Å². The summed E-state index contributed by atoms with van der Waals surface area (Å²) >= 11 is 0. The molecule has 0 rings (SSSR count). The third-order valence-corrected chi connectivity index (χ3v) is 2.11. The Morgan fingerprint density at radius 3 is 2.35 bits per heavy atom. The van der Waals surface area contributed by atoms with E-state index in [9.17, 15) is 4.79 Å². The fourth-order valence-corrected chi connectivity index (χ4v) is 1.38. The lowest BCUT2D eigenvalue weighted by molar-refractivity contribution is 0.0529. The Hall–Kier alpha value is -1.50. The highest BCUT2D eigenvalue weighted by Crippen LogP contribution is 2.05. The maximum absolute atomic E-state index is 11.4. The van der Waals surface area contributed by atoms with Crippen molar-refractivity contribution < 1.29 is 14.3 Å². The van der Waals surface area contributed by atoms with E-state index < -0.39 is 11.7 Å². The number of alkyl carbamates (subject to hydrolysis) is 1. The number of nitrogens with zero attached hydrogens (tertiary/aromatic N) is 1. The van der Waals surface area contributed by atoms with Crippen molar-refractivity contribution in [2.24, 2.45) is 4.99 Å². The summed E-state index contributed by atoms with van der Waals surface area (Å²) in [6.45, 7) is 9.08. The standard InChI is InChI=1S/C13H28N4O3/c1-10(9-19-6)17-11(14-5)15-7-8-16-12(18)20-13(2,3)4/h10H,7-9H2,1-6H3,(H,16,18)(H2,14,15,17). The highest BCUT2D eigenvalue weighted by atomic mass is 16.6. The second-order valence-electron chi connectivity index (χ2n) is 5.43. The Morgan fingerprint density at radius 2 is 1.85 bits per heavy atom. The lowest BCUT2D eigenvalue weighted by Gasteiger charge is -2.20. The van der Waals surface area contributed by atoms with Crippen molar-refractivity contribution in [2.45, 2.75) is 39.3 Å². The molecule has 1 unspecified atom stereocenters. The largest absolute Gasteiger partial charge is 0.444 e. The van der Waals surface area contributed by atoms with Gasteiger partial charge in [0.25, 0.3) is 0 Å². The molecule has 0 saturated carbocycles. The van der Waals surface area contributed by atoms with Gasteiger partial charge in [-0.3, -0.25) is 4.99 Å². The number of rotatable bonds is 6. The molecule has 7 heteroatoms. The van der Waals surface area contributed by atoms with Crippen LogP contribution in [0.4, 0.5) is 4.79 Å². The molecule has 118 valence electrons. The molecule has 0 aromatic carbocycles. The Morgan fingerprint density at radius 1 is 1.25 bits per heavy atom. The number of nitrogens with one attached hydrogen (secondary N) is 3. The molecule has 0 fully saturated rings. The van der Waals surface area contributed by atoms with Crippen LogP contribution in [0.5, 0.6) is 0 Å². The summed E-state index contributed by atoms with van der Waals surface area (Å²) in [6.07, 6.45) is -0.421. The van der Waals surface area contributed by atoms with E-state index >= 15 is 0 Å². The number of guanidine groups is 1. The molecule has 1 atom stereocenters. The second-order valence-corrected chi connectivity index (χ2v) is 5.43. The number of ether oxygens (including phenoxy) is 2. The maximum Gasteiger partial charge on any atom is 0.407 e. The first kappa shape index (κ1) is 18.5. The molecule has 0 aromatic heterocycles. The number of aliphatic imine (C=N–C) groups is 1. The molecular weight excluding hydrogens is 260 g/mol. The fourth-order valence-electron chi connectivity index (χ4n) is 1.38. The van der Waals surface area contributed by atoms with Gasteiger partial charge in [0.05, 0.1) is 6.61 Å². The summed E-state index contributed by atoms with van der Waals surface area (Å²) in [4.78, 5) is 15.5. The van der Waals surface area contributed by atoms with Crippen LogP contribution in [-0.4, -0.2) is 57.5 Å². The average molecular weight is 288 g/mol. The van der Waals surface area contributed by atoms with Crippen LogP contribution in [0.2, 0.25) is 0 Å². The van der Waals surface area contributed by atoms with E-state index in [1.54, 1.807) is 14.2 Å². The zero-order valence-electron chi connectivity index (χ0n) is 13.4. The molecular formula is C13H28N4O3. The lowest BCUT2D eigenvalue weighted by Crippen LogP contribution is -2.46. The van der Waals surface area contributed by atoms with Gasteiger partial charge in [0.15, 0.2) is 5.96 Å². The summed E-state index contributed by atoms with van der Waals surface area (Å²) in [6, 6.07) is 0.157. The third kappa shape index (κ3) is 10.4. The first-order chi connectivity index (χ1) is 9.28. The monoisotopic (exact) mass is 288 g/mol. The smallest absolute Gasteiger partial charge is 0.407 e. The fraction of sp³-hybridized carbons (Fsp3) is 0.846. The molecule has 0 aromatic rings. The summed E-state index contributed by atoms with van der Waals surface area (Å²) in [5, 5.41) is 8.92. The predicted octanol–water partition coefficient (Wildman–Crippen LogP) is 0.711. The number of carbonyl (C=O) groups excluding carboxylic acids is 1. The normalized spacial score (nSPS) is 13.6. The van der Waals surface area contributed by atoms with Crippen LogP contribution >= 0.6 is 0 Å². The molecule has 20 heavy (non-hydrogen) atoms. The molecule has 0 spiro atoms. The van der Waals surface area contributed by atoms with Crippen LogP contribution in [0, 0.1) is 0 Å². The van der Waals surface area contributed by atoms with E-state index in [2.05, 4.69) is 20.9 Å². The van der Waals surface area contributed by atoms with Gasteiger partial charge < -0.3 is 25.4 Å². The summed E-state index contributed by atoms with van der Waals surface area (Å²) in [5.74, 6) is 0.667. The predicted molar refractivity (Wildman–Crippen MR) is 80.1 cm³/mol. The molecule has 0 saturated heterocycles. The van der Waals surface area contributed by atoms with Crippen LogP contribution in [0.1, 0.15) is 27.7 Å². The number of hydrogen-bond donors (Lipinski definition) is 3. The molecule has 0 aliphatic carbocycles. The van der Waals surface area contributed by atoms with Crippen LogP contribution in [0.15, 0.2) is 4.99 Å². The second kappa shape index (κ2) is 9.41. The van der Waals surface area contributed by atoms with E-state index in [1.165, 1.54) is 0 Å². The Bertz CT molecular complexity index is 313. The minimum absolute atomic E-state index is 0.157. The van der Waals surface area contributed by atoms with Crippen LogP contribution < -0.4 is 16.0 Å². The number of carbonyl (C=O) groups is 1. The van der Waals surface area contributed by atoms with Crippen molar-refractivity contribution in [3.63, 3.8) is 0 Å². The van der Waals surface area contributed by atoms with Gasteiger partial charge in [-0.2, -0.15) is 0 Å². The highest BCUT2D eigenvalue weighted by Gasteiger charge is 2.15. The van der Waals surface area contributed by atoms with E-state index in [0.717, 1.165) is 0 Å². The van der Waals surface area contributed by atoms with Gasteiger partial charge in [0, 0.05) is 33.3 Å². The Balaban J connectivity index is 3.84. The zero-order chi connectivity index (χ0) is 15.6. The summed E-state index contributed by atoms with van der Waals surface area (Å²) in [5.41, 5.74) is -0.481. The Kier molecular flexibility index (Phi) is 8.71. The van der Waals surface area contributed by atoms with Gasteiger partial charge in [-0.1, -0.05) is 0 Å². The first-order valence-corrected chi connectivity index (χ1v) is 6.71. The lowest BCUT2D eigenvalue weighted by atomic mass is 10.2. The van der Waals surface area contributed by atoms with Gasteiger partial charge in [0.2, 0.25) is 0 Å². The minimum atomic E-state index is -0.481. The summed E-state index contributed by atoms with van der Waals surface area (Å²) < 4.78 is 10.2. The molecule has 0 heterocycles. The minimum Gasteiger partial charge on any atom is -0.444 e. The van der Waals surface area contributed by atoms with Gasteiger partial charge in [-0.05, 0) is 27.7 Å². The van der Waals surface area contributed by atoms with Gasteiger partial charge in [0.1, 0.15) is 5.60 Å². The zero-order valence-corrected chi connectivity index (χ0v) is 13.4. The number of amides is 1. The molecule has 0 aliphatic heterocycles. The molecule has 0 aliphatic rings. The van der Waals surface area contributed by atoms with Crippen LogP contribution in [0.25, 0.3) is 0 Å². The molecule has 3 N–H and O–H groups in total. The highest BCUT2D eigenvalue weighted by molar-refractivity contribution is 5.80. The third-order valence-electron chi connectivity index (χ3n) is 2.11.